The molecule has 0 amide bonds. The summed E-state index contributed by atoms with van der Waals surface area (Å²) in [6, 6.07) is 17.3. The van der Waals surface area contributed by atoms with E-state index in [9.17, 15) is 4.79 Å². The van der Waals surface area contributed by atoms with Crippen molar-refractivity contribution in [3.63, 3.8) is 0 Å². The van der Waals surface area contributed by atoms with E-state index in [1.54, 1.807) is 13.2 Å². The molecule has 4 rings (SSSR count). The van der Waals surface area contributed by atoms with Crippen LogP contribution in [0.25, 0.3) is 6.08 Å². The Labute approximate surface area is 235 Å². The van der Waals surface area contributed by atoms with E-state index in [0.717, 1.165) is 32.8 Å². The normalized spacial score (nSPS) is 14.3. The summed E-state index contributed by atoms with van der Waals surface area (Å²) in [4.78, 5) is 16.8. The zero-order valence-corrected chi connectivity index (χ0v) is 24.6. The molecule has 168 valence electrons. The fourth-order valence-corrected chi connectivity index (χ4v) is 4.78. The minimum atomic E-state index is -0.496. The molecule has 0 unspecified atom stereocenters. The number of halogens is 4. The van der Waals surface area contributed by atoms with Crippen LogP contribution in [0.15, 0.2) is 74.2 Å². The summed E-state index contributed by atoms with van der Waals surface area (Å²) in [5, 5.41) is 0. The molecule has 1 heterocycles. The summed E-state index contributed by atoms with van der Waals surface area (Å²) in [7, 11) is 1.59. The standard InChI is InChI=1S/C24H15Br2I2NO4/c1-31-21-10-14(8-19(28)22(21)32-12-13-2-5-16(25)6-3-13)9-20-24(30)33-23(29-20)15-4-7-18(27)17(26)11-15/h2-11H,12H2,1H3/b20-9-. The fourth-order valence-electron chi connectivity index (χ4n) is 3.02. The Hall–Kier alpha value is -1.44. The van der Waals surface area contributed by atoms with Gasteiger partial charge in [-0.1, -0.05) is 28.1 Å². The van der Waals surface area contributed by atoms with E-state index in [2.05, 4.69) is 82.0 Å². The summed E-state index contributed by atoms with van der Waals surface area (Å²) in [5.74, 6) is 0.997. The first kappa shape index (κ1) is 24.7. The Morgan fingerprint density at radius 2 is 1.79 bits per heavy atom. The van der Waals surface area contributed by atoms with Crippen molar-refractivity contribution in [2.24, 2.45) is 4.99 Å². The summed E-state index contributed by atoms with van der Waals surface area (Å²) >= 11 is 11.3. The highest BCUT2D eigenvalue weighted by atomic mass is 127. The average molecular weight is 795 g/mol. The van der Waals surface area contributed by atoms with Gasteiger partial charge in [-0.15, -0.1) is 0 Å². The minimum Gasteiger partial charge on any atom is -0.493 e. The second-order valence-corrected chi connectivity index (χ2v) is 11.0. The number of hydrogen-bond acceptors (Lipinski definition) is 5. The SMILES string of the molecule is COc1cc(/C=C2\N=C(c3ccc(I)c(Br)c3)OC2=O)cc(I)c1OCc1ccc(Br)cc1. The highest BCUT2D eigenvalue weighted by molar-refractivity contribution is 14.1. The second kappa shape index (κ2) is 10.9. The fraction of sp³-hybridized carbons (Fsp3) is 0.0833. The number of hydrogen-bond donors (Lipinski definition) is 0. The Morgan fingerprint density at radius 1 is 1.03 bits per heavy atom. The number of ether oxygens (including phenoxy) is 3. The molecule has 33 heavy (non-hydrogen) atoms. The average Bonchev–Trinajstić information content (AvgIpc) is 3.15. The number of benzene rings is 3. The Balaban J connectivity index is 1.59. The van der Waals surface area contributed by atoms with Gasteiger partial charge in [0.2, 0.25) is 5.90 Å². The van der Waals surface area contributed by atoms with Crippen LogP contribution in [0, 0.1) is 7.14 Å². The number of methoxy groups -OCH3 is 1. The van der Waals surface area contributed by atoms with E-state index in [1.165, 1.54) is 0 Å². The van der Waals surface area contributed by atoms with Crippen molar-refractivity contribution in [3.05, 3.63) is 93.1 Å². The molecule has 0 N–H and O–H groups in total. The van der Waals surface area contributed by atoms with E-state index in [4.69, 9.17) is 14.2 Å². The van der Waals surface area contributed by atoms with Gasteiger partial charge in [0.25, 0.3) is 0 Å². The first-order chi connectivity index (χ1) is 15.8. The predicted molar refractivity (Wildman–Crippen MR) is 152 cm³/mol. The number of rotatable bonds is 6. The zero-order chi connectivity index (χ0) is 23.5. The van der Waals surface area contributed by atoms with Crippen LogP contribution in [0.3, 0.4) is 0 Å². The molecule has 0 saturated carbocycles. The summed E-state index contributed by atoms with van der Waals surface area (Å²) < 4.78 is 20.8. The van der Waals surface area contributed by atoms with Crippen molar-refractivity contribution < 1.29 is 19.0 Å². The van der Waals surface area contributed by atoms with Crippen LogP contribution in [0.2, 0.25) is 0 Å². The molecule has 3 aromatic carbocycles. The maximum absolute atomic E-state index is 12.4. The molecule has 3 aromatic rings. The van der Waals surface area contributed by atoms with Gasteiger partial charge in [-0.3, -0.25) is 0 Å². The van der Waals surface area contributed by atoms with Gasteiger partial charge >= 0.3 is 5.97 Å². The van der Waals surface area contributed by atoms with Crippen LogP contribution in [0.4, 0.5) is 0 Å². The van der Waals surface area contributed by atoms with Crippen LogP contribution >= 0.6 is 77.0 Å². The van der Waals surface area contributed by atoms with Gasteiger partial charge in [0.1, 0.15) is 6.61 Å². The van der Waals surface area contributed by atoms with E-state index in [1.807, 2.05) is 54.6 Å². The van der Waals surface area contributed by atoms with Gasteiger partial charge in [0.05, 0.1) is 10.7 Å². The summed E-state index contributed by atoms with van der Waals surface area (Å²) in [6.07, 6.45) is 1.68. The highest BCUT2D eigenvalue weighted by Gasteiger charge is 2.25. The Morgan fingerprint density at radius 3 is 2.48 bits per heavy atom. The first-order valence-electron chi connectivity index (χ1n) is 9.57. The van der Waals surface area contributed by atoms with Gasteiger partial charge in [0, 0.05) is 18.1 Å². The van der Waals surface area contributed by atoms with Crippen molar-refractivity contribution in [2.75, 3.05) is 7.11 Å². The molecule has 0 aromatic heterocycles. The van der Waals surface area contributed by atoms with Crippen LogP contribution in [-0.4, -0.2) is 19.0 Å². The lowest BCUT2D eigenvalue weighted by Crippen LogP contribution is -2.05. The second-order valence-electron chi connectivity index (χ2n) is 6.91. The molecule has 1 aliphatic heterocycles. The maximum Gasteiger partial charge on any atom is 0.363 e. The molecule has 0 fully saturated rings. The summed E-state index contributed by atoms with van der Waals surface area (Å²) in [5.41, 5.74) is 2.75. The molecule has 5 nitrogen and oxygen atoms in total. The Kier molecular flexibility index (Phi) is 8.13. The van der Waals surface area contributed by atoms with Gasteiger partial charge in [-0.05, 0) is 121 Å². The number of nitrogens with zero attached hydrogens (tertiary/aromatic N) is 1. The van der Waals surface area contributed by atoms with Crippen LogP contribution < -0.4 is 9.47 Å². The molecule has 0 saturated heterocycles. The molecule has 0 spiro atoms. The quantitative estimate of drug-likeness (QED) is 0.149. The predicted octanol–water partition coefficient (Wildman–Crippen LogP) is 7.35. The van der Waals surface area contributed by atoms with Gasteiger partial charge < -0.3 is 14.2 Å². The number of esters is 1. The lowest BCUT2D eigenvalue weighted by molar-refractivity contribution is -0.129. The third-order valence-electron chi connectivity index (χ3n) is 4.64. The highest BCUT2D eigenvalue weighted by Crippen LogP contribution is 2.36. The lowest BCUT2D eigenvalue weighted by atomic mass is 10.1. The number of carbonyl (C=O) groups excluding carboxylic acids is 1. The molecule has 0 bridgehead atoms. The zero-order valence-electron chi connectivity index (χ0n) is 17.1. The molecule has 0 aliphatic carbocycles. The van der Waals surface area contributed by atoms with E-state index in [-0.39, 0.29) is 11.6 Å². The van der Waals surface area contributed by atoms with E-state index < -0.39 is 5.97 Å². The molecule has 0 atom stereocenters. The van der Waals surface area contributed by atoms with Gasteiger partial charge in [-0.25, -0.2) is 9.79 Å². The van der Waals surface area contributed by atoms with Crippen molar-refractivity contribution in [3.8, 4) is 11.5 Å². The Bertz CT molecular complexity index is 1290. The lowest BCUT2D eigenvalue weighted by Gasteiger charge is -2.14. The van der Waals surface area contributed by atoms with Crippen molar-refractivity contribution >= 4 is 95.0 Å². The van der Waals surface area contributed by atoms with Gasteiger partial charge in [0.15, 0.2) is 17.2 Å². The number of cyclic esters (lactones) is 1. The number of aliphatic imine (C=N–C) groups is 1. The largest absolute Gasteiger partial charge is 0.493 e. The van der Waals surface area contributed by atoms with Crippen LogP contribution in [-0.2, 0) is 16.1 Å². The molecule has 0 radical (unpaired) electrons. The molecular weight excluding hydrogens is 780 g/mol. The molecule has 1 aliphatic rings. The van der Waals surface area contributed by atoms with Crippen LogP contribution in [0.1, 0.15) is 16.7 Å². The van der Waals surface area contributed by atoms with E-state index in [0.29, 0.717) is 18.1 Å². The van der Waals surface area contributed by atoms with Gasteiger partial charge in [-0.2, -0.15) is 0 Å². The molecule has 9 heteroatoms. The third kappa shape index (κ3) is 5.98. The molecular formula is C24H15Br2I2NO4. The monoisotopic (exact) mass is 793 g/mol. The number of carbonyl (C=O) groups is 1. The third-order valence-corrected chi connectivity index (χ3v) is 8.31. The topological polar surface area (TPSA) is 57.1 Å². The van der Waals surface area contributed by atoms with Crippen LogP contribution in [0.5, 0.6) is 11.5 Å². The maximum atomic E-state index is 12.4. The first-order valence-corrected chi connectivity index (χ1v) is 13.3. The summed E-state index contributed by atoms with van der Waals surface area (Å²) in [6.45, 7) is 0.408. The van der Waals surface area contributed by atoms with Crippen molar-refractivity contribution in [1.82, 2.24) is 0 Å². The minimum absolute atomic E-state index is 0.223. The van der Waals surface area contributed by atoms with E-state index >= 15 is 0 Å². The smallest absolute Gasteiger partial charge is 0.363 e. The van der Waals surface area contributed by atoms with Crippen molar-refractivity contribution in [2.45, 2.75) is 6.61 Å². The van der Waals surface area contributed by atoms with Crippen molar-refractivity contribution in [1.29, 1.82) is 0 Å².